The van der Waals surface area contributed by atoms with Crippen molar-refractivity contribution in [3.8, 4) is 0 Å². The molecule has 10 heteroatoms. The number of ketones is 1. The first kappa shape index (κ1) is 25.7. The second kappa shape index (κ2) is 11.0. The molecule has 0 bridgehead atoms. The van der Waals surface area contributed by atoms with Crippen molar-refractivity contribution in [2.75, 3.05) is 19.6 Å². The molecule has 0 aromatic heterocycles. The summed E-state index contributed by atoms with van der Waals surface area (Å²) in [7, 11) is 0. The smallest absolute Gasteiger partial charge is 0.344 e. The first-order valence-corrected chi connectivity index (χ1v) is 11.2. The maximum atomic E-state index is 12.7. The Morgan fingerprint density at radius 3 is 2.54 bits per heavy atom. The normalized spacial score (nSPS) is 17.7. The van der Waals surface area contributed by atoms with E-state index in [9.17, 15) is 29.6 Å². The molecular formula is C25H28N4O6. The molecule has 1 aliphatic rings. The highest BCUT2D eigenvalue weighted by molar-refractivity contribution is 6.07. The van der Waals surface area contributed by atoms with Gasteiger partial charge >= 0.3 is 12.0 Å². The maximum Gasteiger partial charge on any atom is 0.344 e. The molecule has 1 aliphatic heterocycles. The van der Waals surface area contributed by atoms with Crippen molar-refractivity contribution < 1.29 is 24.4 Å². The molecule has 10 nitrogen and oxygen atoms in total. The molecule has 2 unspecified atom stereocenters. The average Bonchev–Trinajstić information content (AvgIpc) is 2.81. The van der Waals surface area contributed by atoms with Gasteiger partial charge in [-0.25, -0.2) is 9.79 Å². The number of nitro benzene ring substituents is 1. The number of urea groups is 1. The number of nitro groups is 1. The van der Waals surface area contributed by atoms with Crippen LogP contribution in [0.5, 0.6) is 0 Å². The van der Waals surface area contributed by atoms with Crippen molar-refractivity contribution in [3.63, 3.8) is 0 Å². The molecule has 2 aromatic rings. The molecular weight excluding hydrogens is 452 g/mol. The van der Waals surface area contributed by atoms with Gasteiger partial charge in [-0.05, 0) is 56.5 Å². The number of nitrogens with zero attached hydrogens (tertiary/aromatic N) is 3. The van der Waals surface area contributed by atoms with Gasteiger partial charge in [-0.2, -0.15) is 0 Å². The highest BCUT2D eigenvalue weighted by Crippen LogP contribution is 2.35. The number of carboxylic acid groups (broad SMARTS) is 1. The lowest BCUT2D eigenvalue weighted by Gasteiger charge is -2.37. The molecule has 3 rings (SSSR count). The largest absolute Gasteiger partial charge is 0.481 e. The van der Waals surface area contributed by atoms with Crippen LogP contribution in [0.4, 0.5) is 10.5 Å². The zero-order chi connectivity index (χ0) is 25.7. The van der Waals surface area contributed by atoms with Gasteiger partial charge in [0.1, 0.15) is 5.92 Å². The Kier molecular flexibility index (Phi) is 8.08. The van der Waals surface area contributed by atoms with E-state index in [2.05, 4.69) is 10.3 Å². The van der Waals surface area contributed by atoms with Crippen LogP contribution in [0.15, 0.2) is 47.5 Å². The van der Waals surface area contributed by atoms with E-state index < -0.39 is 28.9 Å². The minimum atomic E-state index is -1.17. The van der Waals surface area contributed by atoms with E-state index in [4.69, 9.17) is 0 Å². The van der Waals surface area contributed by atoms with E-state index in [-0.39, 0.29) is 30.3 Å². The van der Waals surface area contributed by atoms with Crippen molar-refractivity contribution in [2.24, 2.45) is 10.9 Å². The Morgan fingerprint density at radius 2 is 1.89 bits per heavy atom. The van der Waals surface area contributed by atoms with Crippen molar-refractivity contribution >= 4 is 29.2 Å². The summed E-state index contributed by atoms with van der Waals surface area (Å²) in [4.78, 5) is 53.1. The van der Waals surface area contributed by atoms with Gasteiger partial charge in [-0.3, -0.25) is 19.7 Å². The number of amides is 2. The van der Waals surface area contributed by atoms with Gasteiger partial charge in [0.25, 0.3) is 5.69 Å². The van der Waals surface area contributed by atoms with Crippen molar-refractivity contribution in [3.05, 3.63) is 74.8 Å². The van der Waals surface area contributed by atoms with Crippen LogP contribution >= 0.6 is 0 Å². The predicted molar refractivity (Wildman–Crippen MR) is 130 cm³/mol. The summed E-state index contributed by atoms with van der Waals surface area (Å²) in [6.07, 6.45) is 0.429. The lowest BCUT2D eigenvalue weighted by Crippen LogP contribution is -2.47. The molecule has 2 aromatic carbocycles. The molecule has 0 saturated carbocycles. The first-order valence-electron chi connectivity index (χ1n) is 11.2. The summed E-state index contributed by atoms with van der Waals surface area (Å²) in [5.74, 6) is -2.35. The molecule has 0 spiro atoms. The van der Waals surface area contributed by atoms with E-state index >= 15 is 0 Å². The number of Topliss-reactive ketones (excluding diaryl/α,β-unsaturated/α-hetero) is 1. The van der Waals surface area contributed by atoms with E-state index in [0.717, 1.165) is 11.1 Å². The Bertz CT molecular complexity index is 1190. The van der Waals surface area contributed by atoms with E-state index in [1.54, 1.807) is 12.1 Å². The fourth-order valence-electron chi connectivity index (χ4n) is 4.15. The third-order valence-electron chi connectivity index (χ3n) is 6.17. The predicted octanol–water partition coefficient (Wildman–Crippen LogP) is 3.71. The van der Waals surface area contributed by atoms with Gasteiger partial charge in [0.05, 0.1) is 17.5 Å². The quantitative estimate of drug-likeness (QED) is 0.228. The van der Waals surface area contributed by atoms with Crippen molar-refractivity contribution in [2.45, 2.75) is 33.2 Å². The Balaban J connectivity index is 1.70. The second-order valence-corrected chi connectivity index (χ2v) is 8.59. The lowest BCUT2D eigenvalue weighted by atomic mass is 9.86. The van der Waals surface area contributed by atoms with E-state index in [1.807, 2.05) is 26.0 Å². The summed E-state index contributed by atoms with van der Waals surface area (Å²) in [6.45, 7) is 6.09. The lowest BCUT2D eigenvalue weighted by molar-refractivity contribution is -0.385. The highest BCUT2D eigenvalue weighted by atomic mass is 16.6. The maximum absolute atomic E-state index is 12.7. The fraction of sp³-hybridized carbons (Fsp3) is 0.360. The van der Waals surface area contributed by atoms with Gasteiger partial charge in [0.2, 0.25) is 0 Å². The van der Waals surface area contributed by atoms with Crippen LogP contribution in [-0.4, -0.2) is 58.1 Å². The minimum Gasteiger partial charge on any atom is -0.481 e. The molecule has 2 amide bonds. The summed E-state index contributed by atoms with van der Waals surface area (Å²) in [5.41, 5.74) is 3.07. The van der Waals surface area contributed by atoms with Crippen molar-refractivity contribution in [1.29, 1.82) is 0 Å². The number of carbonyl (C=O) groups is 3. The molecule has 0 saturated heterocycles. The monoisotopic (exact) mass is 480 g/mol. The number of aliphatic imine (C=N–C) groups is 1. The van der Waals surface area contributed by atoms with Gasteiger partial charge in [0.15, 0.2) is 5.78 Å². The van der Waals surface area contributed by atoms with Gasteiger partial charge in [-0.1, -0.05) is 24.3 Å². The van der Waals surface area contributed by atoms with Gasteiger partial charge in [0, 0.05) is 30.0 Å². The average molecular weight is 481 g/mol. The molecule has 0 aliphatic carbocycles. The van der Waals surface area contributed by atoms with Crippen LogP contribution in [0.25, 0.3) is 0 Å². The third-order valence-corrected chi connectivity index (χ3v) is 6.17. The third kappa shape index (κ3) is 5.96. The molecule has 35 heavy (non-hydrogen) atoms. The first-order chi connectivity index (χ1) is 16.6. The summed E-state index contributed by atoms with van der Waals surface area (Å²) >= 11 is 0. The number of aliphatic carboxylic acids is 1. The van der Waals surface area contributed by atoms with Crippen LogP contribution in [0.3, 0.4) is 0 Å². The number of rotatable bonds is 10. The number of non-ortho nitro benzene ring substituents is 1. The minimum absolute atomic E-state index is 0.0530. The molecule has 1 heterocycles. The number of carboxylic acids is 1. The van der Waals surface area contributed by atoms with Crippen LogP contribution in [0, 0.1) is 29.9 Å². The fourth-order valence-corrected chi connectivity index (χ4v) is 4.15. The second-order valence-electron chi connectivity index (χ2n) is 8.59. The van der Waals surface area contributed by atoms with Crippen LogP contribution < -0.4 is 5.32 Å². The standard InChI is InChI=1S/C25H28N4O6/c1-15-8-9-18(12-16(15)2)21(30)14-26-10-5-11-28-23(19-6-4-7-20(13-19)29(34)35)22(24(31)32)17(3)27-25(28)33/h4,6-9,12-13,22-23,26H,5,10-11,14H2,1-3H3,(H,31,32). The number of carbonyl (C=O) groups excluding carboxylic acids is 2. The van der Waals surface area contributed by atoms with E-state index in [1.165, 1.54) is 30.0 Å². The summed E-state index contributed by atoms with van der Waals surface area (Å²) in [6, 6.07) is 9.66. The van der Waals surface area contributed by atoms with Gasteiger partial charge in [-0.15, -0.1) is 0 Å². The highest BCUT2D eigenvalue weighted by Gasteiger charge is 2.42. The summed E-state index contributed by atoms with van der Waals surface area (Å²) < 4.78 is 0. The Morgan fingerprint density at radius 1 is 1.14 bits per heavy atom. The SMILES string of the molecule is CC1=NC(=O)N(CCCNCC(=O)c2ccc(C)c(C)c2)C(c2cccc([N+](=O)[O-])c2)C1C(=O)O. The topological polar surface area (TPSA) is 142 Å². The van der Waals surface area contributed by atoms with Crippen LogP contribution in [0.2, 0.25) is 0 Å². The molecule has 0 radical (unpaired) electrons. The van der Waals surface area contributed by atoms with Crippen LogP contribution in [0.1, 0.15) is 46.4 Å². The Labute approximate surface area is 202 Å². The van der Waals surface area contributed by atoms with Crippen molar-refractivity contribution in [1.82, 2.24) is 10.2 Å². The van der Waals surface area contributed by atoms with Crippen LogP contribution in [-0.2, 0) is 4.79 Å². The number of nitrogens with one attached hydrogen (secondary N) is 1. The number of hydrogen-bond acceptors (Lipinski definition) is 6. The van der Waals surface area contributed by atoms with E-state index in [0.29, 0.717) is 24.1 Å². The number of hydrogen-bond donors (Lipinski definition) is 2. The summed E-state index contributed by atoms with van der Waals surface area (Å²) in [5, 5.41) is 24.1. The molecule has 2 N–H and O–H groups in total. The molecule has 0 fully saturated rings. The Hall–Kier alpha value is -3.92. The number of aryl methyl sites for hydroxylation is 2. The molecule has 184 valence electrons. The zero-order valence-corrected chi connectivity index (χ0v) is 19.9. The van der Waals surface area contributed by atoms with Gasteiger partial charge < -0.3 is 15.3 Å². The molecule has 2 atom stereocenters. The number of benzene rings is 2. The zero-order valence-electron chi connectivity index (χ0n) is 19.9.